The molecule has 1 aromatic heterocycles. The highest BCUT2D eigenvalue weighted by Gasteiger charge is 2.33. The van der Waals surface area contributed by atoms with Gasteiger partial charge in [-0.05, 0) is 58.6 Å². The molecule has 2 aromatic rings. The van der Waals surface area contributed by atoms with Crippen LogP contribution in [0.5, 0.6) is 0 Å². The van der Waals surface area contributed by atoms with Gasteiger partial charge in [-0.15, -0.1) is 0 Å². The number of carbonyl (C=O) groups excluding carboxylic acids is 2. The van der Waals surface area contributed by atoms with Crippen LogP contribution in [-0.2, 0) is 4.74 Å². The third kappa shape index (κ3) is 4.75. The Morgan fingerprint density at radius 3 is 2.23 bits per heavy atom. The van der Waals surface area contributed by atoms with Gasteiger partial charge in [0, 0.05) is 32.1 Å². The molecule has 31 heavy (non-hydrogen) atoms. The molecule has 7 nitrogen and oxygen atoms in total. The lowest BCUT2D eigenvalue weighted by atomic mass is 9.90. The second-order valence-electron chi connectivity index (χ2n) is 9.43. The molecule has 1 aromatic carbocycles. The predicted octanol–water partition coefficient (Wildman–Crippen LogP) is 4.22. The van der Waals surface area contributed by atoms with Crippen molar-refractivity contribution < 1.29 is 14.3 Å². The normalized spacial score (nSPS) is 17.8. The van der Waals surface area contributed by atoms with E-state index in [-0.39, 0.29) is 17.9 Å². The smallest absolute Gasteiger partial charge is 0.410 e. The van der Waals surface area contributed by atoms with Crippen molar-refractivity contribution in [1.82, 2.24) is 19.6 Å². The minimum Gasteiger partial charge on any atom is -0.444 e. The molecule has 0 spiro atoms. The number of likely N-dealkylation sites (tertiary alicyclic amines) is 2. The van der Waals surface area contributed by atoms with Gasteiger partial charge >= 0.3 is 6.09 Å². The first-order valence-electron chi connectivity index (χ1n) is 11.2. The van der Waals surface area contributed by atoms with Crippen molar-refractivity contribution in [2.45, 2.75) is 58.0 Å². The summed E-state index contributed by atoms with van der Waals surface area (Å²) < 4.78 is 7.45. The standard InChI is InChI=1S/C24H32N4O3/c1-24(2,3)31-23(30)27-15-11-18(12-16-27)21-20(22(29)26-13-7-8-14-26)17-25-28(21)19-9-5-4-6-10-19/h4-6,9-10,17-18H,7-8,11-16H2,1-3H3. The number of benzene rings is 1. The van der Waals surface area contributed by atoms with Crippen LogP contribution in [-0.4, -0.2) is 63.4 Å². The number of ether oxygens (including phenoxy) is 1. The molecule has 2 saturated heterocycles. The highest BCUT2D eigenvalue weighted by Crippen LogP contribution is 2.33. The first-order chi connectivity index (χ1) is 14.8. The van der Waals surface area contributed by atoms with Crippen LogP contribution in [0.4, 0.5) is 4.79 Å². The monoisotopic (exact) mass is 424 g/mol. The van der Waals surface area contributed by atoms with E-state index in [1.807, 2.05) is 60.7 Å². The lowest BCUT2D eigenvalue weighted by Crippen LogP contribution is -2.41. The molecule has 2 amide bonds. The van der Waals surface area contributed by atoms with Crippen molar-refractivity contribution >= 4 is 12.0 Å². The van der Waals surface area contributed by atoms with Crippen molar-refractivity contribution in [3.63, 3.8) is 0 Å². The fraction of sp³-hybridized carbons (Fsp3) is 0.542. The maximum absolute atomic E-state index is 13.3. The van der Waals surface area contributed by atoms with Crippen LogP contribution in [0.15, 0.2) is 36.5 Å². The molecule has 7 heteroatoms. The summed E-state index contributed by atoms with van der Waals surface area (Å²) in [4.78, 5) is 29.4. The number of piperidine rings is 1. The third-order valence-corrected chi connectivity index (χ3v) is 5.96. The largest absolute Gasteiger partial charge is 0.444 e. The topological polar surface area (TPSA) is 67.7 Å². The van der Waals surface area contributed by atoms with Gasteiger partial charge in [0.25, 0.3) is 5.91 Å². The average molecular weight is 425 g/mol. The third-order valence-electron chi connectivity index (χ3n) is 5.96. The Morgan fingerprint density at radius 2 is 1.61 bits per heavy atom. The zero-order valence-electron chi connectivity index (χ0n) is 18.7. The SMILES string of the molecule is CC(C)(C)OC(=O)N1CCC(c2c(C(=O)N3CCCC3)cnn2-c2ccccc2)CC1. The van der Waals surface area contributed by atoms with Crippen molar-refractivity contribution in [2.24, 2.45) is 0 Å². The van der Waals surface area contributed by atoms with Gasteiger partial charge in [0.15, 0.2) is 0 Å². The second-order valence-corrected chi connectivity index (χ2v) is 9.43. The van der Waals surface area contributed by atoms with Crippen LogP contribution in [0, 0.1) is 0 Å². The Labute approximate surface area is 184 Å². The maximum Gasteiger partial charge on any atom is 0.410 e. The Bertz CT molecular complexity index is 918. The number of aromatic nitrogens is 2. The Hall–Kier alpha value is -2.83. The Kier molecular flexibility index (Phi) is 6.03. The van der Waals surface area contributed by atoms with E-state index in [9.17, 15) is 9.59 Å². The highest BCUT2D eigenvalue weighted by atomic mass is 16.6. The first-order valence-corrected chi connectivity index (χ1v) is 11.2. The lowest BCUT2D eigenvalue weighted by molar-refractivity contribution is 0.0203. The molecule has 4 rings (SSSR count). The van der Waals surface area contributed by atoms with E-state index in [2.05, 4.69) is 5.10 Å². The van der Waals surface area contributed by atoms with Crippen LogP contribution < -0.4 is 0 Å². The zero-order chi connectivity index (χ0) is 22.0. The Balaban J connectivity index is 1.58. The number of carbonyl (C=O) groups is 2. The van der Waals surface area contributed by atoms with E-state index in [1.54, 1.807) is 11.1 Å². The Morgan fingerprint density at radius 1 is 0.968 bits per heavy atom. The molecule has 0 unspecified atom stereocenters. The van der Waals surface area contributed by atoms with Crippen LogP contribution in [0.1, 0.15) is 68.4 Å². The van der Waals surface area contributed by atoms with Crippen LogP contribution in [0.3, 0.4) is 0 Å². The molecule has 0 atom stereocenters. The summed E-state index contributed by atoms with van der Waals surface area (Å²) in [5, 5.41) is 4.62. The fourth-order valence-electron chi connectivity index (χ4n) is 4.44. The van der Waals surface area contributed by atoms with Crippen molar-refractivity contribution in [3.8, 4) is 5.69 Å². The van der Waals surface area contributed by atoms with Gasteiger partial charge in [0.05, 0.1) is 23.1 Å². The summed E-state index contributed by atoms with van der Waals surface area (Å²) >= 11 is 0. The maximum atomic E-state index is 13.3. The summed E-state index contributed by atoms with van der Waals surface area (Å²) in [5.41, 5.74) is 2.11. The number of para-hydroxylation sites is 1. The molecule has 166 valence electrons. The summed E-state index contributed by atoms with van der Waals surface area (Å²) in [5.74, 6) is 0.229. The summed E-state index contributed by atoms with van der Waals surface area (Å²) in [7, 11) is 0. The number of hydrogen-bond donors (Lipinski definition) is 0. The van der Waals surface area contributed by atoms with Crippen LogP contribution >= 0.6 is 0 Å². The van der Waals surface area contributed by atoms with Gasteiger partial charge in [-0.1, -0.05) is 18.2 Å². The number of hydrogen-bond acceptors (Lipinski definition) is 4. The van der Waals surface area contributed by atoms with Crippen molar-refractivity contribution in [2.75, 3.05) is 26.2 Å². The summed E-state index contributed by atoms with van der Waals surface area (Å²) in [6, 6.07) is 9.96. The second kappa shape index (κ2) is 8.73. The summed E-state index contributed by atoms with van der Waals surface area (Å²) in [6.45, 7) is 8.48. The quantitative estimate of drug-likeness (QED) is 0.740. The van der Waals surface area contributed by atoms with Gasteiger partial charge in [0.2, 0.25) is 0 Å². The van der Waals surface area contributed by atoms with E-state index in [4.69, 9.17) is 4.74 Å². The first kappa shape index (κ1) is 21.4. The van der Waals surface area contributed by atoms with Gasteiger partial charge in [-0.25, -0.2) is 9.48 Å². The molecular formula is C24H32N4O3. The molecule has 3 heterocycles. The minimum atomic E-state index is -0.505. The molecule has 2 fully saturated rings. The van der Waals surface area contributed by atoms with Crippen LogP contribution in [0.2, 0.25) is 0 Å². The average Bonchev–Trinajstić information content (AvgIpc) is 3.43. The molecule has 0 bridgehead atoms. The van der Waals surface area contributed by atoms with Crippen LogP contribution in [0.25, 0.3) is 5.69 Å². The van der Waals surface area contributed by atoms with E-state index < -0.39 is 5.60 Å². The summed E-state index contributed by atoms with van der Waals surface area (Å²) in [6.07, 6.45) is 5.12. The molecule has 0 N–H and O–H groups in total. The number of amides is 2. The van der Waals surface area contributed by atoms with E-state index in [1.165, 1.54) is 0 Å². The van der Waals surface area contributed by atoms with Crippen molar-refractivity contribution in [3.05, 3.63) is 47.8 Å². The van der Waals surface area contributed by atoms with Gasteiger partial charge < -0.3 is 14.5 Å². The molecule has 0 saturated carbocycles. The van der Waals surface area contributed by atoms with Gasteiger partial charge in [-0.2, -0.15) is 5.10 Å². The fourth-order valence-corrected chi connectivity index (χ4v) is 4.44. The van der Waals surface area contributed by atoms with Gasteiger partial charge in [0.1, 0.15) is 5.60 Å². The zero-order valence-corrected chi connectivity index (χ0v) is 18.7. The highest BCUT2D eigenvalue weighted by molar-refractivity contribution is 5.95. The number of rotatable bonds is 3. The van der Waals surface area contributed by atoms with E-state index in [0.29, 0.717) is 18.7 Å². The van der Waals surface area contributed by atoms with Crippen molar-refractivity contribution in [1.29, 1.82) is 0 Å². The molecular weight excluding hydrogens is 392 g/mol. The molecule has 0 radical (unpaired) electrons. The van der Waals surface area contributed by atoms with E-state index >= 15 is 0 Å². The van der Waals surface area contributed by atoms with E-state index in [0.717, 1.165) is 50.2 Å². The molecule has 2 aliphatic heterocycles. The predicted molar refractivity (Wildman–Crippen MR) is 118 cm³/mol. The lowest BCUT2D eigenvalue weighted by Gasteiger charge is -2.34. The minimum absolute atomic E-state index is 0.0734. The van der Waals surface area contributed by atoms with Gasteiger partial charge in [-0.3, -0.25) is 4.79 Å². The number of nitrogens with zero attached hydrogens (tertiary/aromatic N) is 4. The molecule has 0 aliphatic carbocycles. The molecule has 2 aliphatic rings.